The van der Waals surface area contributed by atoms with Gasteiger partial charge in [0.25, 0.3) is 5.91 Å². The Bertz CT molecular complexity index is 1020. The molecule has 146 valence electrons. The quantitative estimate of drug-likeness (QED) is 0.604. The molecule has 3 rings (SSSR count). The lowest BCUT2D eigenvalue weighted by Gasteiger charge is -2.17. The van der Waals surface area contributed by atoms with E-state index in [0.717, 1.165) is 26.7 Å². The molecular formula is C20H20ClN3O2S2. The zero-order valence-electron chi connectivity index (χ0n) is 16.0. The first-order valence-corrected chi connectivity index (χ1v) is 10.6. The minimum atomic E-state index is -0.235. The first-order valence-electron chi connectivity index (χ1n) is 8.61. The van der Waals surface area contributed by atoms with E-state index in [9.17, 15) is 9.59 Å². The second kappa shape index (κ2) is 8.43. The van der Waals surface area contributed by atoms with Gasteiger partial charge in [-0.05, 0) is 44.0 Å². The van der Waals surface area contributed by atoms with Crippen LogP contribution in [0.2, 0.25) is 4.34 Å². The molecule has 0 aliphatic rings. The van der Waals surface area contributed by atoms with Crippen LogP contribution in [0.25, 0.3) is 9.88 Å². The highest BCUT2D eigenvalue weighted by Gasteiger charge is 2.22. The maximum atomic E-state index is 12.8. The molecule has 0 radical (unpaired) electrons. The molecule has 0 bridgehead atoms. The summed E-state index contributed by atoms with van der Waals surface area (Å²) in [7, 11) is 1.62. The fourth-order valence-corrected chi connectivity index (χ4v) is 4.94. The van der Waals surface area contributed by atoms with Gasteiger partial charge in [0.1, 0.15) is 9.88 Å². The number of hydrogen-bond acceptors (Lipinski definition) is 5. The van der Waals surface area contributed by atoms with E-state index in [2.05, 4.69) is 10.3 Å². The molecule has 5 nitrogen and oxygen atoms in total. The van der Waals surface area contributed by atoms with E-state index in [-0.39, 0.29) is 18.4 Å². The van der Waals surface area contributed by atoms with Crippen molar-refractivity contribution in [1.29, 1.82) is 0 Å². The number of amides is 2. The van der Waals surface area contributed by atoms with Gasteiger partial charge in [-0.25, -0.2) is 4.98 Å². The van der Waals surface area contributed by atoms with E-state index < -0.39 is 0 Å². The van der Waals surface area contributed by atoms with Gasteiger partial charge in [-0.3, -0.25) is 9.59 Å². The molecule has 0 spiro atoms. The molecule has 0 aliphatic heterocycles. The van der Waals surface area contributed by atoms with E-state index >= 15 is 0 Å². The summed E-state index contributed by atoms with van der Waals surface area (Å²) in [4.78, 5) is 32.6. The largest absolute Gasteiger partial charge is 0.332 e. The SMILES string of the molecule is Cc1cccc(C)c1NC(=O)CN(C)C(=O)c1sc(-c2ccc(Cl)s2)nc1C. The molecule has 0 atom stereocenters. The summed E-state index contributed by atoms with van der Waals surface area (Å²) in [6.07, 6.45) is 0. The molecule has 0 aliphatic carbocycles. The van der Waals surface area contributed by atoms with E-state index in [1.54, 1.807) is 14.0 Å². The van der Waals surface area contributed by atoms with Crippen molar-refractivity contribution in [1.82, 2.24) is 9.88 Å². The second-order valence-corrected chi connectivity index (χ2v) is 9.23. The molecule has 3 aromatic rings. The molecule has 0 fully saturated rings. The Morgan fingerprint density at radius 3 is 2.39 bits per heavy atom. The number of aromatic nitrogens is 1. The molecule has 1 aromatic carbocycles. The lowest BCUT2D eigenvalue weighted by molar-refractivity contribution is -0.116. The van der Waals surface area contributed by atoms with Gasteiger partial charge in [0, 0.05) is 12.7 Å². The van der Waals surface area contributed by atoms with E-state index in [1.807, 2.05) is 44.2 Å². The first-order chi connectivity index (χ1) is 13.3. The molecule has 8 heteroatoms. The smallest absolute Gasteiger partial charge is 0.266 e. The maximum Gasteiger partial charge on any atom is 0.266 e. The van der Waals surface area contributed by atoms with Gasteiger partial charge in [0.15, 0.2) is 0 Å². The van der Waals surface area contributed by atoms with Crippen molar-refractivity contribution in [2.75, 3.05) is 18.9 Å². The number of halogens is 1. The number of aryl methyl sites for hydroxylation is 3. The number of nitrogens with zero attached hydrogens (tertiary/aromatic N) is 2. The number of carbonyl (C=O) groups is 2. The minimum absolute atomic E-state index is 0.0376. The lowest BCUT2D eigenvalue weighted by Crippen LogP contribution is -2.35. The van der Waals surface area contributed by atoms with Crippen molar-refractivity contribution in [3.8, 4) is 9.88 Å². The van der Waals surface area contributed by atoms with Gasteiger partial charge in [-0.2, -0.15) is 0 Å². The van der Waals surface area contributed by atoms with Gasteiger partial charge >= 0.3 is 0 Å². The van der Waals surface area contributed by atoms with E-state index in [4.69, 9.17) is 11.6 Å². The third kappa shape index (κ3) is 4.43. The molecule has 2 aromatic heterocycles. The molecule has 2 heterocycles. The molecule has 0 unspecified atom stereocenters. The Labute approximate surface area is 177 Å². The van der Waals surface area contributed by atoms with E-state index in [1.165, 1.54) is 27.6 Å². The van der Waals surface area contributed by atoms with Crippen LogP contribution in [0.1, 0.15) is 26.5 Å². The Kier molecular flexibility index (Phi) is 6.17. The first kappa shape index (κ1) is 20.5. The number of carbonyl (C=O) groups excluding carboxylic acids is 2. The summed E-state index contributed by atoms with van der Waals surface area (Å²) in [5.41, 5.74) is 3.41. The van der Waals surface area contributed by atoms with Crippen LogP contribution in [-0.4, -0.2) is 35.3 Å². The summed E-state index contributed by atoms with van der Waals surface area (Å²) in [5, 5.41) is 3.66. The predicted octanol–water partition coefficient (Wildman–Crippen LogP) is 5.16. The van der Waals surface area contributed by atoms with Crippen LogP contribution >= 0.6 is 34.3 Å². The number of thiazole rings is 1. The standard InChI is InChI=1S/C20H20ClN3O2S2/c1-11-6-5-7-12(2)17(11)23-16(25)10-24(4)20(26)18-13(3)22-19(28-18)14-8-9-15(21)27-14/h5-9H,10H2,1-4H3,(H,23,25). The van der Waals surface area contributed by atoms with Crippen molar-refractivity contribution in [2.24, 2.45) is 0 Å². The van der Waals surface area contributed by atoms with Gasteiger partial charge in [-0.15, -0.1) is 22.7 Å². The number of thiophene rings is 1. The Balaban J connectivity index is 1.71. The van der Waals surface area contributed by atoms with Gasteiger partial charge in [0.05, 0.1) is 21.5 Å². The average molecular weight is 434 g/mol. The number of hydrogen-bond donors (Lipinski definition) is 1. The Morgan fingerprint density at radius 2 is 1.79 bits per heavy atom. The zero-order valence-corrected chi connectivity index (χ0v) is 18.4. The molecule has 0 saturated carbocycles. The van der Waals surface area contributed by atoms with Crippen LogP contribution in [-0.2, 0) is 4.79 Å². The molecule has 1 N–H and O–H groups in total. The van der Waals surface area contributed by atoms with Gasteiger partial charge in [0.2, 0.25) is 5.91 Å². The van der Waals surface area contributed by atoms with Crippen LogP contribution < -0.4 is 5.32 Å². The number of benzene rings is 1. The van der Waals surface area contributed by atoms with Crippen LogP contribution in [0.3, 0.4) is 0 Å². The third-order valence-corrected chi connectivity index (χ3v) is 6.79. The van der Waals surface area contributed by atoms with Crippen LogP contribution in [0.15, 0.2) is 30.3 Å². The molecule has 28 heavy (non-hydrogen) atoms. The highest BCUT2D eigenvalue weighted by atomic mass is 35.5. The molecule has 0 saturated heterocycles. The average Bonchev–Trinajstić information content (AvgIpc) is 3.23. The zero-order chi connectivity index (χ0) is 20.4. The van der Waals surface area contributed by atoms with E-state index in [0.29, 0.717) is 14.9 Å². The molecular weight excluding hydrogens is 414 g/mol. The van der Waals surface area contributed by atoms with Crippen molar-refractivity contribution in [3.05, 3.63) is 56.4 Å². The highest BCUT2D eigenvalue weighted by molar-refractivity contribution is 7.24. The lowest BCUT2D eigenvalue weighted by atomic mass is 10.1. The van der Waals surface area contributed by atoms with Crippen molar-refractivity contribution in [2.45, 2.75) is 20.8 Å². The van der Waals surface area contributed by atoms with Gasteiger partial charge in [-0.1, -0.05) is 29.8 Å². The number of rotatable bonds is 5. The summed E-state index contributed by atoms with van der Waals surface area (Å²) >= 11 is 8.73. The third-order valence-electron chi connectivity index (χ3n) is 4.25. The number of anilines is 1. The highest BCUT2D eigenvalue weighted by Crippen LogP contribution is 2.35. The van der Waals surface area contributed by atoms with Crippen molar-refractivity contribution < 1.29 is 9.59 Å². The Morgan fingerprint density at radius 1 is 1.11 bits per heavy atom. The summed E-state index contributed by atoms with van der Waals surface area (Å²) in [6, 6.07) is 9.53. The summed E-state index contributed by atoms with van der Waals surface area (Å²) < 4.78 is 0.677. The molecule has 2 amide bonds. The monoisotopic (exact) mass is 433 g/mol. The number of nitrogens with one attached hydrogen (secondary N) is 1. The van der Waals surface area contributed by atoms with Crippen LogP contribution in [0.5, 0.6) is 0 Å². The topological polar surface area (TPSA) is 62.3 Å². The van der Waals surface area contributed by atoms with Gasteiger partial charge < -0.3 is 10.2 Å². The second-order valence-electron chi connectivity index (χ2n) is 6.51. The minimum Gasteiger partial charge on any atom is -0.332 e. The maximum absolute atomic E-state index is 12.8. The van der Waals surface area contributed by atoms with Crippen LogP contribution in [0.4, 0.5) is 5.69 Å². The van der Waals surface area contributed by atoms with Crippen LogP contribution in [0, 0.1) is 20.8 Å². The normalized spacial score (nSPS) is 10.8. The number of para-hydroxylation sites is 1. The summed E-state index contributed by atoms with van der Waals surface area (Å²) in [6.45, 7) is 5.64. The van der Waals surface area contributed by atoms with Crippen molar-refractivity contribution >= 4 is 51.8 Å². The Hall–Kier alpha value is -2.22. The fraction of sp³-hybridized carbons (Fsp3) is 0.250. The summed E-state index contributed by atoms with van der Waals surface area (Å²) in [5.74, 6) is -0.457. The van der Waals surface area contributed by atoms with Crippen molar-refractivity contribution in [3.63, 3.8) is 0 Å². The number of likely N-dealkylation sites (N-methyl/N-ethyl adjacent to an activating group) is 1. The fourth-order valence-electron chi connectivity index (χ4n) is 2.78. The predicted molar refractivity (Wildman–Crippen MR) is 117 cm³/mol.